The standard InChI is InChI=1S/C26H20Cl2N2O4/c1-14-5-2-3-8-18(14)23-26(20(13-22(31)29-23)15-6-4-7-16(27)11-15)19-10-9-17(28)12-21(19)30(24(26)32)25(33)34/h2-12,20,23H,13H2,1H3,(H,29,31)(H,33,34)/t20-,23+,26-/m0/s1. The van der Waals surface area contributed by atoms with Crippen molar-refractivity contribution in [1.82, 2.24) is 5.32 Å². The van der Waals surface area contributed by atoms with Crippen molar-refractivity contribution >= 4 is 46.8 Å². The average Bonchev–Trinajstić information content (AvgIpc) is 3.03. The van der Waals surface area contributed by atoms with Crippen LogP contribution in [0, 0.1) is 6.92 Å². The number of nitrogens with one attached hydrogen (secondary N) is 1. The van der Waals surface area contributed by atoms with Gasteiger partial charge in [0.05, 0.1) is 11.7 Å². The van der Waals surface area contributed by atoms with Crippen LogP contribution in [0.15, 0.2) is 66.7 Å². The minimum atomic E-state index is -1.43. The van der Waals surface area contributed by atoms with Gasteiger partial charge in [0.1, 0.15) is 5.41 Å². The Bertz CT molecular complexity index is 1360. The number of carbonyl (C=O) groups excluding carboxylic acids is 2. The maximum absolute atomic E-state index is 14.3. The summed E-state index contributed by atoms with van der Waals surface area (Å²) in [7, 11) is 0. The Balaban J connectivity index is 1.88. The normalized spacial score (nSPS) is 23.7. The number of carboxylic acid groups (broad SMARTS) is 1. The summed E-state index contributed by atoms with van der Waals surface area (Å²) in [6, 6.07) is 18.5. The molecule has 3 aromatic carbocycles. The molecule has 0 unspecified atom stereocenters. The third-order valence-corrected chi connectivity index (χ3v) is 7.32. The number of piperidine rings is 1. The van der Waals surface area contributed by atoms with Crippen LogP contribution < -0.4 is 10.2 Å². The summed E-state index contributed by atoms with van der Waals surface area (Å²) in [5, 5.41) is 13.8. The molecule has 5 rings (SSSR count). The molecule has 0 saturated carbocycles. The van der Waals surface area contributed by atoms with Crippen molar-refractivity contribution < 1.29 is 19.5 Å². The molecule has 8 heteroatoms. The van der Waals surface area contributed by atoms with Gasteiger partial charge >= 0.3 is 6.09 Å². The summed E-state index contributed by atoms with van der Waals surface area (Å²) < 4.78 is 0. The van der Waals surface area contributed by atoms with E-state index in [1.54, 1.807) is 30.3 Å². The van der Waals surface area contributed by atoms with Crippen LogP contribution in [-0.2, 0) is 15.0 Å². The highest BCUT2D eigenvalue weighted by molar-refractivity contribution is 6.32. The number of anilines is 1. The maximum Gasteiger partial charge on any atom is 0.418 e. The van der Waals surface area contributed by atoms with E-state index in [2.05, 4.69) is 5.32 Å². The molecule has 0 radical (unpaired) electrons. The molecule has 3 atom stereocenters. The lowest BCUT2D eigenvalue weighted by Gasteiger charge is -2.47. The fourth-order valence-corrected chi connectivity index (χ4v) is 5.84. The molecule has 1 spiro atoms. The van der Waals surface area contributed by atoms with Crippen LogP contribution in [0.4, 0.5) is 10.5 Å². The minimum Gasteiger partial charge on any atom is -0.464 e. The minimum absolute atomic E-state index is 0.00993. The van der Waals surface area contributed by atoms with E-state index in [0.717, 1.165) is 16.0 Å². The summed E-state index contributed by atoms with van der Waals surface area (Å²) in [6.07, 6.45) is -1.42. The van der Waals surface area contributed by atoms with Gasteiger partial charge in [-0.05, 0) is 53.4 Å². The van der Waals surface area contributed by atoms with E-state index in [4.69, 9.17) is 23.2 Å². The van der Waals surface area contributed by atoms with Gasteiger partial charge in [-0.1, -0.05) is 65.7 Å². The first kappa shape index (κ1) is 22.4. The smallest absolute Gasteiger partial charge is 0.418 e. The van der Waals surface area contributed by atoms with Gasteiger partial charge in [-0.15, -0.1) is 0 Å². The SMILES string of the molecule is Cc1ccccc1[C@H]1NC(=O)C[C@@H](c2cccc(Cl)c2)[C@]12C(=O)N(C(=O)O)c1cc(Cl)ccc12. The molecule has 6 nitrogen and oxygen atoms in total. The third-order valence-electron chi connectivity index (χ3n) is 6.84. The second-order valence-corrected chi connectivity index (χ2v) is 9.50. The number of hydrogen-bond donors (Lipinski definition) is 2. The Morgan fingerprint density at radius 1 is 1.03 bits per heavy atom. The summed E-state index contributed by atoms with van der Waals surface area (Å²) in [5.41, 5.74) is 1.57. The number of fused-ring (bicyclic) bond motifs is 2. The molecular formula is C26H20Cl2N2O4. The molecular weight excluding hydrogens is 475 g/mol. The van der Waals surface area contributed by atoms with Gasteiger partial charge in [-0.3, -0.25) is 9.59 Å². The van der Waals surface area contributed by atoms with Crippen molar-refractivity contribution in [2.24, 2.45) is 0 Å². The Morgan fingerprint density at radius 2 is 1.76 bits per heavy atom. The molecule has 2 N–H and O–H groups in total. The number of imide groups is 1. The molecule has 2 aliphatic heterocycles. The lowest BCUT2D eigenvalue weighted by molar-refractivity contribution is -0.132. The van der Waals surface area contributed by atoms with Gasteiger partial charge in [0, 0.05) is 22.4 Å². The predicted octanol–water partition coefficient (Wildman–Crippen LogP) is 5.61. The molecule has 0 aromatic heterocycles. The first-order valence-corrected chi connectivity index (χ1v) is 11.5. The van der Waals surface area contributed by atoms with Gasteiger partial charge < -0.3 is 10.4 Å². The van der Waals surface area contributed by atoms with E-state index in [1.807, 2.05) is 37.3 Å². The number of benzene rings is 3. The van der Waals surface area contributed by atoms with E-state index in [-0.39, 0.29) is 18.0 Å². The second-order valence-electron chi connectivity index (χ2n) is 8.62. The third kappa shape index (κ3) is 3.21. The first-order chi connectivity index (χ1) is 16.2. The molecule has 172 valence electrons. The van der Waals surface area contributed by atoms with Crippen molar-refractivity contribution in [2.45, 2.75) is 30.7 Å². The summed E-state index contributed by atoms with van der Waals surface area (Å²) in [4.78, 5) is 40.4. The van der Waals surface area contributed by atoms with Crippen molar-refractivity contribution in [3.8, 4) is 0 Å². The Hall–Kier alpha value is -3.35. The maximum atomic E-state index is 14.3. The van der Waals surface area contributed by atoms with Crippen LogP contribution in [0.3, 0.4) is 0 Å². The summed E-state index contributed by atoms with van der Waals surface area (Å²) in [5.74, 6) is -1.53. The van der Waals surface area contributed by atoms with Gasteiger partial charge in [-0.25, -0.2) is 9.69 Å². The summed E-state index contributed by atoms with van der Waals surface area (Å²) in [6.45, 7) is 1.90. The molecule has 3 amide bonds. The van der Waals surface area contributed by atoms with E-state index in [0.29, 0.717) is 21.2 Å². The average molecular weight is 495 g/mol. The predicted molar refractivity (Wildman–Crippen MR) is 130 cm³/mol. The highest BCUT2D eigenvalue weighted by Gasteiger charge is 2.64. The molecule has 0 aliphatic carbocycles. The molecule has 1 saturated heterocycles. The molecule has 3 aromatic rings. The lowest BCUT2D eigenvalue weighted by Crippen LogP contribution is -2.58. The molecule has 34 heavy (non-hydrogen) atoms. The van der Waals surface area contributed by atoms with E-state index in [9.17, 15) is 19.5 Å². The first-order valence-electron chi connectivity index (χ1n) is 10.7. The number of carbonyl (C=O) groups is 3. The monoisotopic (exact) mass is 494 g/mol. The second kappa shape index (κ2) is 8.15. The van der Waals surface area contributed by atoms with Crippen molar-refractivity contribution in [3.05, 3.63) is 99.0 Å². The van der Waals surface area contributed by atoms with Crippen LogP contribution >= 0.6 is 23.2 Å². The zero-order valence-electron chi connectivity index (χ0n) is 18.1. The zero-order chi connectivity index (χ0) is 24.2. The highest BCUT2D eigenvalue weighted by atomic mass is 35.5. The highest BCUT2D eigenvalue weighted by Crippen LogP contribution is 2.59. The lowest BCUT2D eigenvalue weighted by atomic mass is 9.59. The fraction of sp³-hybridized carbons (Fsp3) is 0.192. The van der Waals surface area contributed by atoms with E-state index in [1.165, 1.54) is 6.07 Å². The zero-order valence-corrected chi connectivity index (χ0v) is 19.6. The van der Waals surface area contributed by atoms with Crippen LogP contribution in [0.1, 0.15) is 40.6 Å². The number of nitrogens with zero attached hydrogens (tertiary/aromatic N) is 1. The number of rotatable bonds is 2. The topological polar surface area (TPSA) is 86.7 Å². The van der Waals surface area contributed by atoms with Gasteiger partial charge in [0.25, 0.3) is 0 Å². The molecule has 0 bridgehead atoms. The van der Waals surface area contributed by atoms with Gasteiger partial charge in [0.2, 0.25) is 11.8 Å². The number of aryl methyl sites for hydroxylation is 1. The Kier molecular flexibility index (Phi) is 5.38. The van der Waals surface area contributed by atoms with Crippen LogP contribution in [-0.4, -0.2) is 23.0 Å². The van der Waals surface area contributed by atoms with Crippen molar-refractivity contribution in [3.63, 3.8) is 0 Å². The summed E-state index contributed by atoms with van der Waals surface area (Å²) >= 11 is 12.5. The van der Waals surface area contributed by atoms with Gasteiger partial charge in [0.15, 0.2) is 0 Å². The molecule has 2 heterocycles. The Morgan fingerprint density at radius 3 is 2.47 bits per heavy atom. The number of amides is 3. The van der Waals surface area contributed by atoms with Crippen molar-refractivity contribution in [1.29, 1.82) is 0 Å². The molecule has 2 aliphatic rings. The quantitative estimate of drug-likeness (QED) is 0.484. The van der Waals surface area contributed by atoms with Gasteiger partial charge in [-0.2, -0.15) is 0 Å². The number of hydrogen-bond acceptors (Lipinski definition) is 3. The fourth-order valence-electron chi connectivity index (χ4n) is 5.47. The largest absolute Gasteiger partial charge is 0.464 e. The van der Waals surface area contributed by atoms with E-state index >= 15 is 0 Å². The van der Waals surface area contributed by atoms with Crippen LogP contribution in [0.2, 0.25) is 10.0 Å². The number of halogens is 2. The Labute approximate surface area is 206 Å². The molecule has 1 fully saturated rings. The van der Waals surface area contributed by atoms with Crippen molar-refractivity contribution in [2.75, 3.05) is 4.90 Å². The van der Waals surface area contributed by atoms with Crippen LogP contribution in [0.25, 0.3) is 0 Å². The van der Waals surface area contributed by atoms with Crippen LogP contribution in [0.5, 0.6) is 0 Å². The van der Waals surface area contributed by atoms with E-state index < -0.39 is 29.4 Å².